The maximum atomic E-state index is 5.16. The first-order valence-corrected chi connectivity index (χ1v) is 14.4. The third kappa shape index (κ3) is 3.72. The molecule has 8 heterocycles. The number of hydrogen-bond donors (Lipinski definition) is 0. The van der Waals surface area contributed by atoms with E-state index in [9.17, 15) is 0 Å². The van der Waals surface area contributed by atoms with Crippen molar-refractivity contribution >= 4 is 22.7 Å². The predicted octanol–water partition coefficient (Wildman–Crippen LogP) is 6.62. The van der Waals surface area contributed by atoms with Gasteiger partial charge in [-0.05, 0) is 75.2 Å². The molecule has 0 aliphatic carbocycles. The van der Waals surface area contributed by atoms with Crippen molar-refractivity contribution < 1.29 is 0 Å². The minimum atomic E-state index is 0.167. The molecule has 4 bridgehead atoms. The van der Waals surface area contributed by atoms with Crippen molar-refractivity contribution in [2.45, 2.75) is 109 Å². The van der Waals surface area contributed by atoms with Gasteiger partial charge in [0.15, 0.2) is 0 Å². The van der Waals surface area contributed by atoms with E-state index in [4.69, 9.17) is 4.98 Å². The van der Waals surface area contributed by atoms with Crippen molar-refractivity contribution in [3.05, 3.63) is 37.0 Å². The fourth-order valence-corrected chi connectivity index (χ4v) is 9.33. The molecule has 8 rings (SSSR count). The molecule has 2 aromatic heterocycles. The Morgan fingerprint density at radius 2 is 1.69 bits per heavy atom. The van der Waals surface area contributed by atoms with Gasteiger partial charge in [-0.15, -0.1) is 22.7 Å². The molecule has 0 aromatic carbocycles. The van der Waals surface area contributed by atoms with Crippen LogP contribution in [0.2, 0.25) is 0 Å². The number of rotatable bonds is 3. The maximum absolute atomic E-state index is 5.16. The standard InChI is InChI=1S/C27H39N3S2/c1-26(2,3)25-28-21-16-30-11-8-18(24(21)32-25)12-20(30)14-27(4,5)22-13-19-15-29-9-6-17(7-10-29)23(19)31-22/h13,17-18,20H,6-12,14-16H2,1-5H3. The Morgan fingerprint density at radius 1 is 0.938 bits per heavy atom. The molecule has 3 unspecified atom stereocenters. The van der Waals surface area contributed by atoms with E-state index in [2.05, 4.69) is 61.8 Å². The topological polar surface area (TPSA) is 19.4 Å². The summed E-state index contributed by atoms with van der Waals surface area (Å²) in [4.78, 5) is 15.6. The van der Waals surface area contributed by atoms with Gasteiger partial charge in [-0.1, -0.05) is 34.6 Å². The third-order valence-corrected chi connectivity index (χ3v) is 11.9. The average Bonchev–Trinajstić information content (AvgIpc) is 3.20. The normalized spacial score (nSPS) is 31.8. The van der Waals surface area contributed by atoms with Crippen molar-refractivity contribution in [3.63, 3.8) is 0 Å². The lowest BCUT2D eigenvalue weighted by molar-refractivity contribution is 0.114. The summed E-state index contributed by atoms with van der Waals surface area (Å²) in [5.41, 5.74) is 3.47. The van der Waals surface area contributed by atoms with Crippen LogP contribution in [0.1, 0.15) is 109 Å². The molecule has 32 heavy (non-hydrogen) atoms. The van der Waals surface area contributed by atoms with Gasteiger partial charge in [-0.25, -0.2) is 4.98 Å². The van der Waals surface area contributed by atoms with Crippen LogP contribution in [0, 0.1) is 0 Å². The summed E-state index contributed by atoms with van der Waals surface area (Å²) in [6.07, 6.45) is 6.66. The Bertz CT molecular complexity index is 1000. The average molecular weight is 470 g/mol. The Morgan fingerprint density at radius 3 is 2.44 bits per heavy atom. The van der Waals surface area contributed by atoms with Crippen molar-refractivity contribution in [3.8, 4) is 0 Å². The van der Waals surface area contributed by atoms with Crippen LogP contribution in [0.3, 0.4) is 0 Å². The lowest BCUT2D eigenvalue weighted by Gasteiger charge is -2.40. The van der Waals surface area contributed by atoms with Crippen LogP contribution < -0.4 is 0 Å². The number of thiazole rings is 1. The molecule has 0 amide bonds. The molecule has 6 aliphatic heterocycles. The van der Waals surface area contributed by atoms with Gasteiger partial charge in [0.1, 0.15) is 0 Å². The molecule has 5 heteroatoms. The Hall–Kier alpha value is -0.750. The van der Waals surface area contributed by atoms with E-state index in [1.165, 1.54) is 69.0 Å². The van der Waals surface area contributed by atoms with E-state index in [1.807, 2.05) is 11.3 Å². The fraction of sp³-hybridized carbons (Fsp3) is 0.741. The van der Waals surface area contributed by atoms with Crippen LogP contribution in [0.4, 0.5) is 0 Å². The highest BCUT2D eigenvalue weighted by Gasteiger charge is 2.41. The Balaban J connectivity index is 1.23. The molecule has 6 aliphatic rings. The summed E-state index contributed by atoms with van der Waals surface area (Å²) in [5.74, 6) is 1.55. The zero-order chi connectivity index (χ0) is 22.3. The smallest absolute Gasteiger partial charge is 0.0985 e. The van der Waals surface area contributed by atoms with Crippen LogP contribution in [-0.4, -0.2) is 40.5 Å². The first kappa shape index (κ1) is 21.8. The van der Waals surface area contributed by atoms with Gasteiger partial charge in [0.05, 0.1) is 10.7 Å². The van der Waals surface area contributed by atoms with Crippen molar-refractivity contribution in [2.24, 2.45) is 0 Å². The van der Waals surface area contributed by atoms with Gasteiger partial charge in [0.2, 0.25) is 0 Å². The van der Waals surface area contributed by atoms with Crippen LogP contribution in [-0.2, 0) is 23.9 Å². The molecule has 3 nitrogen and oxygen atoms in total. The minimum absolute atomic E-state index is 0.167. The summed E-state index contributed by atoms with van der Waals surface area (Å²) in [7, 11) is 0. The summed E-state index contributed by atoms with van der Waals surface area (Å²) < 4.78 is 0. The Labute approximate surface area is 202 Å². The highest BCUT2D eigenvalue weighted by molar-refractivity contribution is 7.12. The van der Waals surface area contributed by atoms with Gasteiger partial charge < -0.3 is 0 Å². The third-order valence-electron chi connectivity index (χ3n) is 8.54. The second-order valence-corrected chi connectivity index (χ2v) is 14.7. The zero-order valence-corrected chi connectivity index (χ0v) is 22.2. The van der Waals surface area contributed by atoms with Crippen molar-refractivity contribution in [1.82, 2.24) is 14.8 Å². The molecular weight excluding hydrogens is 430 g/mol. The molecule has 0 N–H and O–H groups in total. The molecule has 174 valence electrons. The maximum Gasteiger partial charge on any atom is 0.0985 e. The number of aromatic nitrogens is 1. The zero-order valence-electron chi connectivity index (χ0n) is 20.5. The highest BCUT2D eigenvalue weighted by atomic mass is 32.1. The second kappa shape index (κ2) is 7.63. The van der Waals surface area contributed by atoms with E-state index < -0.39 is 0 Å². The van der Waals surface area contributed by atoms with Gasteiger partial charge in [-0.2, -0.15) is 0 Å². The summed E-state index contributed by atoms with van der Waals surface area (Å²) in [6.45, 7) is 18.1. The summed E-state index contributed by atoms with van der Waals surface area (Å²) >= 11 is 4.18. The first-order chi connectivity index (χ1) is 15.2. The van der Waals surface area contributed by atoms with Crippen LogP contribution >= 0.6 is 22.7 Å². The van der Waals surface area contributed by atoms with Crippen molar-refractivity contribution in [2.75, 3.05) is 19.6 Å². The van der Waals surface area contributed by atoms with Gasteiger partial charge in [-0.3, -0.25) is 9.80 Å². The number of fused-ring (bicyclic) bond motifs is 4. The molecule has 0 radical (unpaired) electrons. The largest absolute Gasteiger partial charge is 0.299 e. The van der Waals surface area contributed by atoms with E-state index in [1.54, 1.807) is 20.2 Å². The Kier molecular flexibility index (Phi) is 5.19. The van der Waals surface area contributed by atoms with E-state index in [0.29, 0.717) is 6.04 Å². The van der Waals surface area contributed by atoms with Gasteiger partial charge in [0, 0.05) is 44.6 Å². The quantitative estimate of drug-likeness (QED) is 0.503. The fourth-order valence-electron chi connectivity index (χ4n) is 6.60. The summed E-state index contributed by atoms with van der Waals surface area (Å²) in [6, 6.07) is 3.29. The number of thiophene rings is 1. The second-order valence-electron chi connectivity index (χ2n) is 12.6. The van der Waals surface area contributed by atoms with Crippen LogP contribution in [0.15, 0.2) is 6.07 Å². The lowest BCUT2D eigenvalue weighted by Crippen LogP contribution is -2.42. The van der Waals surface area contributed by atoms with Crippen molar-refractivity contribution in [1.29, 1.82) is 0 Å². The monoisotopic (exact) mass is 469 g/mol. The van der Waals surface area contributed by atoms with E-state index in [0.717, 1.165) is 18.4 Å². The molecule has 0 spiro atoms. The number of hydrogen-bond acceptors (Lipinski definition) is 5. The lowest BCUT2D eigenvalue weighted by atomic mass is 9.79. The van der Waals surface area contributed by atoms with E-state index in [-0.39, 0.29) is 10.8 Å². The molecule has 0 saturated carbocycles. The molecular formula is C27H39N3S2. The molecule has 2 aromatic rings. The number of piperidine rings is 2. The summed E-state index contributed by atoms with van der Waals surface area (Å²) in [5, 5.41) is 1.33. The highest BCUT2D eigenvalue weighted by Crippen LogP contribution is 2.48. The minimum Gasteiger partial charge on any atom is -0.299 e. The predicted molar refractivity (Wildman–Crippen MR) is 136 cm³/mol. The SMILES string of the molecule is CC(C)(C)c1nc2c(s1)C1CCN(C2)C(CC(C)(C)c2cc3c(s2)C2CCN(CC2)C3)C1. The van der Waals surface area contributed by atoms with Gasteiger partial charge in [0.25, 0.3) is 0 Å². The first-order valence-electron chi connectivity index (χ1n) is 12.8. The molecule has 2 fully saturated rings. The van der Waals surface area contributed by atoms with Crippen LogP contribution in [0.5, 0.6) is 0 Å². The molecule has 3 atom stereocenters. The molecule has 2 saturated heterocycles. The van der Waals surface area contributed by atoms with Gasteiger partial charge >= 0.3 is 0 Å². The van der Waals surface area contributed by atoms with Crippen LogP contribution in [0.25, 0.3) is 0 Å². The number of nitrogens with zero attached hydrogens (tertiary/aromatic N) is 3. The van der Waals surface area contributed by atoms with E-state index >= 15 is 0 Å².